The molecule has 1 aromatic heterocycles. The van der Waals surface area contributed by atoms with E-state index in [0.717, 1.165) is 11.3 Å². The van der Waals surface area contributed by atoms with Crippen molar-refractivity contribution in [3.05, 3.63) is 40.7 Å². The van der Waals surface area contributed by atoms with Gasteiger partial charge in [0.1, 0.15) is 5.69 Å². The lowest BCUT2D eigenvalue weighted by Crippen LogP contribution is -1.95. The fourth-order valence-corrected chi connectivity index (χ4v) is 1.45. The number of Topliss-reactive ketones (excluding diaryl/α,β-unsaturated/α-hetero) is 1. The standard InChI is InChI=1S/C11H10ClN3O/c1-7-3-4-9(5-10(7)12)15-6-11(8(2)16)13-14-15/h3-6H,1-2H3. The van der Waals surface area contributed by atoms with Gasteiger partial charge in [0.05, 0.1) is 11.9 Å². The first-order valence-electron chi connectivity index (χ1n) is 4.78. The number of nitrogens with zero attached hydrogens (tertiary/aromatic N) is 3. The molecule has 0 amide bonds. The van der Waals surface area contributed by atoms with Crippen LogP contribution >= 0.6 is 11.6 Å². The maximum atomic E-state index is 11.1. The number of ketones is 1. The third-order valence-electron chi connectivity index (χ3n) is 2.27. The third kappa shape index (κ3) is 1.97. The quantitative estimate of drug-likeness (QED) is 0.751. The summed E-state index contributed by atoms with van der Waals surface area (Å²) in [6.45, 7) is 3.38. The predicted molar refractivity (Wildman–Crippen MR) is 61.1 cm³/mol. The highest BCUT2D eigenvalue weighted by atomic mass is 35.5. The smallest absolute Gasteiger partial charge is 0.181 e. The number of aromatic nitrogens is 3. The number of carbonyl (C=O) groups is 1. The minimum Gasteiger partial charge on any atom is -0.293 e. The fraction of sp³-hybridized carbons (Fsp3) is 0.182. The molecule has 16 heavy (non-hydrogen) atoms. The second-order valence-electron chi connectivity index (χ2n) is 3.54. The van der Waals surface area contributed by atoms with Gasteiger partial charge in [0.2, 0.25) is 0 Å². The van der Waals surface area contributed by atoms with Crippen LogP contribution in [-0.2, 0) is 0 Å². The van der Waals surface area contributed by atoms with Crippen LogP contribution in [0.3, 0.4) is 0 Å². The van der Waals surface area contributed by atoms with Gasteiger partial charge in [-0.1, -0.05) is 22.9 Å². The van der Waals surface area contributed by atoms with E-state index in [4.69, 9.17) is 11.6 Å². The van der Waals surface area contributed by atoms with E-state index in [0.29, 0.717) is 10.7 Å². The Labute approximate surface area is 97.8 Å². The lowest BCUT2D eigenvalue weighted by molar-refractivity contribution is 0.101. The molecule has 1 aromatic carbocycles. The zero-order valence-electron chi connectivity index (χ0n) is 8.94. The molecule has 0 unspecified atom stereocenters. The zero-order chi connectivity index (χ0) is 11.7. The Balaban J connectivity index is 2.42. The Hall–Kier alpha value is -1.68. The first-order valence-corrected chi connectivity index (χ1v) is 5.15. The van der Waals surface area contributed by atoms with E-state index in [1.807, 2.05) is 19.1 Å². The monoisotopic (exact) mass is 235 g/mol. The van der Waals surface area contributed by atoms with Crippen molar-refractivity contribution in [2.45, 2.75) is 13.8 Å². The number of hydrogen-bond acceptors (Lipinski definition) is 3. The minimum atomic E-state index is -0.107. The average Bonchev–Trinajstić information content (AvgIpc) is 2.71. The highest BCUT2D eigenvalue weighted by molar-refractivity contribution is 6.31. The first kappa shape index (κ1) is 10.8. The normalized spacial score (nSPS) is 10.4. The SMILES string of the molecule is CC(=O)c1cn(-c2ccc(C)c(Cl)c2)nn1. The Morgan fingerprint density at radius 3 is 2.75 bits per heavy atom. The molecule has 0 aliphatic heterocycles. The van der Waals surface area contributed by atoms with Crippen LogP contribution in [0, 0.1) is 6.92 Å². The Morgan fingerprint density at radius 1 is 1.44 bits per heavy atom. The number of halogens is 1. The van der Waals surface area contributed by atoms with Crippen LogP contribution in [0.2, 0.25) is 5.02 Å². The van der Waals surface area contributed by atoms with Gasteiger partial charge in [-0.3, -0.25) is 4.79 Å². The first-order chi connectivity index (χ1) is 7.58. The van der Waals surface area contributed by atoms with Gasteiger partial charge in [-0.15, -0.1) is 5.10 Å². The summed E-state index contributed by atoms with van der Waals surface area (Å²) in [4.78, 5) is 11.1. The molecule has 0 saturated heterocycles. The van der Waals surface area contributed by atoms with E-state index < -0.39 is 0 Å². The molecule has 82 valence electrons. The van der Waals surface area contributed by atoms with Gasteiger partial charge >= 0.3 is 0 Å². The van der Waals surface area contributed by atoms with Crippen LogP contribution in [0.5, 0.6) is 0 Å². The molecule has 0 radical (unpaired) electrons. The Morgan fingerprint density at radius 2 is 2.19 bits per heavy atom. The fourth-order valence-electron chi connectivity index (χ4n) is 1.28. The van der Waals surface area contributed by atoms with Gasteiger partial charge in [-0.25, -0.2) is 4.68 Å². The van der Waals surface area contributed by atoms with Crippen LogP contribution in [0.1, 0.15) is 23.0 Å². The molecule has 0 saturated carbocycles. The van der Waals surface area contributed by atoms with Crippen molar-refractivity contribution in [1.29, 1.82) is 0 Å². The van der Waals surface area contributed by atoms with Crippen molar-refractivity contribution in [3.8, 4) is 5.69 Å². The van der Waals surface area contributed by atoms with Gasteiger partial charge in [-0.2, -0.15) is 0 Å². The molecule has 2 rings (SSSR count). The molecule has 5 heteroatoms. The highest BCUT2D eigenvalue weighted by Gasteiger charge is 2.07. The third-order valence-corrected chi connectivity index (χ3v) is 2.68. The number of carbonyl (C=O) groups excluding carboxylic acids is 1. The number of hydrogen-bond donors (Lipinski definition) is 0. The predicted octanol–water partition coefficient (Wildman–Crippen LogP) is 2.43. The van der Waals surface area contributed by atoms with E-state index in [-0.39, 0.29) is 5.78 Å². The molecular weight excluding hydrogens is 226 g/mol. The van der Waals surface area contributed by atoms with Crippen LogP contribution in [0.4, 0.5) is 0 Å². The molecule has 0 aliphatic carbocycles. The minimum absolute atomic E-state index is 0.107. The second-order valence-corrected chi connectivity index (χ2v) is 3.95. The van der Waals surface area contributed by atoms with Crippen LogP contribution < -0.4 is 0 Å². The number of rotatable bonds is 2. The van der Waals surface area contributed by atoms with Gasteiger partial charge in [-0.05, 0) is 24.6 Å². The van der Waals surface area contributed by atoms with Gasteiger partial charge in [0, 0.05) is 11.9 Å². The van der Waals surface area contributed by atoms with Crippen molar-refractivity contribution >= 4 is 17.4 Å². The van der Waals surface area contributed by atoms with E-state index in [9.17, 15) is 4.79 Å². The summed E-state index contributed by atoms with van der Waals surface area (Å²) in [5.74, 6) is -0.107. The van der Waals surface area contributed by atoms with Gasteiger partial charge in [0.15, 0.2) is 5.78 Å². The summed E-state index contributed by atoms with van der Waals surface area (Å²) in [5, 5.41) is 8.29. The summed E-state index contributed by atoms with van der Waals surface area (Å²) in [7, 11) is 0. The van der Waals surface area contributed by atoms with Crippen molar-refractivity contribution in [2.75, 3.05) is 0 Å². The molecule has 0 aliphatic rings. The maximum absolute atomic E-state index is 11.1. The molecule has 0 fully saturated rings. The van der Waals surface area contributed by atoms with E-state index in [1.165, 1.54) is 11.6 Å². The average molecular weight is 236 g/mol. The summed E-state index contributed by atoms with van der Waals surface area (Å²) in [6, 6.07) is 5.56. The molecule has 0 atom stereocenters. The highest BCUT2D eigenvalue weighted by Crippen LogP contribution is 2.18. The van der Waals surface area contributed by atoms with Crippen LogP contribution in [-0.4, -0.2) is 20.8 Å². The van der Waals surface area contributed by atoms with E-state index in [2.05, 4.69) is 10.3 Å². The van der Waals surface area contributed by atoms with Gasteiger partial charge < -0.3 is 0 Å². The molecular formula is C11H10ClN3O. The largest absolute Gasteiger partial charge is 0.293 e. The maximum Gasteiger partial charge on any atom is 0.181 e. The lowest BCUT2D eigenvalue weighted by Gasteiger charge is -2.02. The molecule has 0 N–H and O–H groups in total. The summed E-state index contributed by atoms with van der Waals surface area (Å²) in [5.41, 5.74) is 2.13. The van der Waals surface area contributed by atoms with Crippen molar-refractivity contribution < 1.29 is 4.79 Å². The van der Waals surface area contributed by atoms with Gasteiger partial charge in [0.25, 0.3) is 0 Å². The molecule has 0 spiro atoms. The number of aryl methyl sites for hydroxylation is 1. The Bertz CT molecular complexity index is 548. The summed E-state index contributed by atoms with van der Waals surface area (Å²) < 4.78 is 1.53. The van der Waals surface area contributed by atoms with Crippen molar-refractivity contribution in [1.82, 2.24) is 15.0 Å². The van der Waals surface area contributed by atoms with Crippen molar-refractivity contribution in [2.24, 2.45) is 0 Å². The topological polar surface area (TPSA) is 47.8 Å². The molecule has 2 aromatic rings. The van der Waals surface area contributed by atoms with Crippen LogP contribution in [0.15, 0.2) is 24.4 Å². The summed E-state index contributed by atoms with van der Waals surface area (Å²) in [6.07, 6.45) is 1.59. The molecule has 1 heterocycles. The van der Waals surface area contributed by atoms with E-state index in [1.54, 1.807) is 12.3 Å². The second kappa shape index (κ2) is 4.06. The Kier molecular flexibility index (Phi) is 2.75. The molecule has 0 bridgehead atoms. The van der Waals surface area contributed by atoms with E-state index >= 15 is 0 Å². The number of benzene rings is 1. The van der Waals surface area contributed by atoms with Crippen LogP contribution in [0.25, 0.3) is 5.69 Å². The summed E-state index contributed by atoms with van der Waals surface area (Å²) >= 11 is 6.00. The zero-order valence-corrected chi connectivity index (χ0v) is 9.69. The lowest BCUT2D eigenvalue weighted by atomic mass is 10.2. The van der Waals surface area contributed by atoms with Crippen molar-refractivity contribution in [3.63, 3.8) is 0 Å². The molecule has 4 nitrogen and oxygen atoms in total.